The SMILES string of the molecule is COC(=O)C1CCN(c2ccc([C@@H]3c4ccc(O)cc4CC[C@@H]3c3ccccc3)cc2)CC1. The van der Waals surface area contributed by atoms with Gasteiger partial charge in [0.2, 0.25) is 0 Å². The van der Waals surface area contributed by atoms with Crippen molar-refractivity contribution >= 4 is 11.7 Å². The second-order valence-electron chi connectivity index (χ2n) is 9.29. The van der Waals surface area contributed by atoms with Crippen molar-refractivity contribution in [3.8, 4) is 5.75 Å². The normalized spacial score (nSPS) is 20.8. The summed E-state index contributed by atoms with van der Waals surface area (Å²) in [4.78, 5) is 14.2. The first-order chi connectivity index (χ1) is 16.1. The molecule has 0 bridgehead atoms. The molecular weight excluding hydrogens is 410 g/mol. The zero-order valence-corrected chi connectivity index (χ0v) is 19.1. The van der Waals surface area contributed by atoms with Gasteiger partial charge in [0.15, 0.2) is 0 Å². The predicted octanol–water partition coefficient (Wildman–Crippen LogP) is 5.64. The van der Waals surface area contributed by atoms with Crippen LogP contribution < -0.4 is 4.90 Å². The minimum atomic E-state index is -0.0843. The monoisotopic (exact) mass is 441 g/mol. The number of ether oxygens (including phenoxy) is 1. The van der Waals surface area contributed by atoms with Gasteiger partial charge in [-0.25, -0.2) is 0 Å². The molecule has 2 aliphatic rings. The first-order valence-corrected chi connectivity index (χ1v) is 11.9. The number of methoxy groups -OCH3 is 1. The third-order valence-electron chi connectivity index (χ3n) is 7.46. The van der Waals surface area contributed by atoms with Gasteiger partial charge < -0.3 is 14.7 Å². The lowest BCUT2D eigenvalue weighted by Gasteiger charge is -2.35. The van der Waals surface area contributed by atoms with Crippen LogP contribution in [0.4, 0.5) is 5.69 Å². The van der Waals surface area contributed by atoms with Crippen LogP contribution in [0.15, 0.2) is 72.8 Å². The fraction of sp³-hybridized carbons (Fsp3) is 0.345. The fourth-order valence-electron chi connectivity index (χ4n) is 5.71. The molecule has 1 heterocycles. The average Bonchev–Trinajstić information content (AvgIpc) is 2.88. The number of phenolic OH excluding ortho intramolecular Hbond substituents is 1. The number of carbonyl (C=O) groups excluding carboxylic acids is 1. The van der Waals surface area contributed by atoms with E-state index in [1.165, 1.54) is 35.1 Å². The van der Waals surface area contributed by atoms with Crippen LogP contribution in [0.25, 0.3) is 0 Å². The first kappa shape index (κ1) is 21.6. The lowest BCUT2D eigenvalue weighted by atomic mass is 9.69. The Morgan fingerprint density at radius 2 is 1.64 bits per heavy atom. The van der Waals surface area contributed by atoms with Gasteiger partial charge in [-0.15, -0.1) is 0 Å². The first-order valence-electron chi connectivity index (χ1n) is 11.9. The third-order valence-corrected chi connectivity index (χ3v) is 7.46. The van der Waals surface area contributed by atoms with E-state index in [0.717, 1.165) is 38.8 Å². The summed E-state index contributed by atoms with van der Waals surface area (Å²) in [6.45, 7) is 1.74. The third kappa shape index (κ3) is 4.35. The molecule has 1 N–H and O–H groups in total. The minimum Gasteiger partial charge on any atom is -0.508 e. The van der Waals surface area contributed by atoms with E-state index in [9.17, 15) is 9.90 Å². The van der Waals surface area contributed by atoms with Crippen LogP contribution in [0.1, 0.15) is 53.4 Å². The Bertz CT molecular complexity index is 1100. The fourth-order valence-corrected chi connectivity index (χ4v) is 5.71. The van der Waals surface area contributed by atoms with E-state index in [1.807, 2.05) is 12.1 Å². The zero-order chi connectivity index (χ0) is 22.8. The number of nitrogens with zero attached hydrogens (tertiary/aromatic N) is 1. The number of hydrogen-bond donors (Lipinski definition) is 1. The molecule has 5 rings (SSSR count). The van der Waals surface area contributed by atoms with Gasteiger partial charge in [-0.05, 0) is 78.1 Å². The van der Waals surface area contributed by atoms with Crippen molar-refractivity contribution < 1.29 is 14.6 Å². The molecule has 1 fully saturated rings. The van der Waals surface area contributed by atoms with Gasteiger partial charge in [0.25, 0.3) is 0 Å². The van der Waals surface area contributed by atoms with Crippen molar-refractivity contribution in [2.24, 2.45) is 5.92 Å². The maximum atomic E-state index is 11.8. The van der Waals surface area contributed by atoms with Gasteiger partial charge in [-0.2, -0.15) is 0 Å². The van der Waals surface area contributed by atoms with Gasteiger partial charge >= 0.3 is 5.97 Å². The van der Waals surface area contributed by atoms with E-state index >= 15 is 0 Å². The Kier molecular flexibility index (Phi) is 6.08. The summed E-state index contributed by atoms with van der Waals surface area (Å²) < 4.78 is 4.92. The van der Waals surface area contributed by atoms with E-state index in [1.54, 1.807) is 0 Å². The summed E-state index contributed by atoms with van der Waals surface area (Å²) >= 11 is 0. The summed E-state index contributed by atoms with van der Waals surface area (Å²) in [5.41, 5.74) is 6.46. The number of anilines is 1. The number of fused-ring (bicyclic) bond motifs is 1. The summed E-state index contributed by atoms with van der Waals surface area (Å²) in [7, 11) is 1.47. The van der Waals surface area contributed by atoms with Gasteiger partial charge in [-0.3, -0.25) is 4.79 Å². The highest BCUT2D eigenvalue weighted by Crippen LogP contribution is 2.47. The molecule has 4 nitrogen and oxygen atoms in total. The van der Waals surface area contributed by atoms with E-state index < -0.39 is 0 Å². The molecule has 1 aliphatic carbocycles. The predicted molar refractivity (Wildman–Crippen MR) is 131 cm³/mol. The molecule has 0 aromatic heterocycles. The lowest BCUT2D eigenvalue weighted by molar-refractivity contribution is -0.146. The standard InChI is InChI=1S/C29H31NO3/c1-33-29(32)22-15-17-30(18-16-22)24-10-7-21(8-11-24)28-26(20-5-3-2-4-6-20)13-9-23-19-25(31)12-14-27(23)28/h2-8,10-12,14,19,22,26,28,31H,9,13,15-18H2,1H3/t26-,28+/m1/s1. The van der Waals surface area contributed by atoms with Crippen molar-refractivity contribution in [3.05, 3.63) is 95.1 Å². The molecule has 1 aliphatic heterocycles. The number of carbonyl (C=O) groups is 1. The van der Waals surface area contributed by atoms with Gasteiger partial charge in [-0.1, -0.05) is 48.5 Å². The highest BCUT2D eigenvalue weighted by Gasteiger charge is 2.32. The second-order valence-corrected chi connectivity index (χ2v) is 9.29. The second kappa shape index (κ2) is 9.30. The number of aryl methyl sites for hydroxylation is 1. The molecule has 0 spiro atoms. The molecule has 3 aromatic rings. The Hall–Kier alpha value is -3.27. The number of piperidine rings is 1. The maximum Gasteiger partial charge on any atom is 0.308 e. The summed E-state index contributed by atoms with van der Waals surface area (Å²) in [6.07, 6.45) is 3.72. The topological polar surface area (TPSA) is 49.8 Å². The lowest BCUT2D eigenvalue weighted by Crippen LogP contribution is -2.36. The van der Waals surface area contributed by atoms with Crippen LogP contribution in [0, 0.1) is 5.92 Å². The summed E-state index contributed by atoms with van der Waals surface area (Å²) in [6, 6.07) is 25.7. The number of hydrogen-bond acceptors (Lipinski definition) is 4. The van der Waals surface area contributed by atoms with Gasteiger partial charge in [0.1, 0.15) is 5.75 Å². The molecule has 0 radical (unpaired) electrons. The van der Waals surface area contributed by atoms with Crippen LogP contribution in [-0.2, 0) is 16.0 Å². The Balaban J connectivity index is 1.42. The molecule has 0 unspecified atom stereocenters. The van der Waals surface area contributed by atoms with E-state index in [2.05, 4.69) is 65.6 Å². The zero-order valence-electron chi connectivity index (χ0n) is 19.1. The van der Waals surface area contributed by atoms with Crippen molar-refractivity contribution in [3.63, 3.8) is 0 Å². The molecule has 3 aromatic carbocycles. The van der Waals surface area contributed by atoms with Crippen LogP contribution in [0.5, 0.6) is 5.75 Å². The summed E-state index contributed by atoms with van der Waals surface area (Å²) in [5.74, 6) is 0.948. The molecule has 170 valence electrons. The van der Waals surface area contributed by atoms with Crippen LogP contribution in [-0.4, -0.2) is 31.3 Å². The number of benzene rings is 3. The molecular formula is C29H31NO3. The Morgan fingerprint density at radius 3 is 2.33 bits per heavy atom. The number of aromatic hydroxyl groups is 1. The quantitative estimate of drug-likeness (QED) is 0.532. The molecule has 0 amide bonds. The highest BCUT2D eigenvalue weighted by molar-refractivity contribution is 5.72. The molecule has 2 atom stereocenters. The van der Waals surface area contributed by atoms with Crippen LogP contribution in [0.3, 0.4) is 0 Å². The number of esters is 1. The molecule has 33 heavy (non-hydrogen) atoms. The van der Waals surface area contributed by atoms with Gasteiger partial charge in [0.05, 0.1) is 13.0 Å². The summed E-state index contributed by atoms with van der Waals surface area (Å²) in [5, 5.41) is 10.0. The van der Waals surface area contributed by atoms with E-state index in [-0.39, 0.29) is 17.8 Å². The molecule has 1 saturated heterocycles. The largest absolute Gasteiger partial charge is 0.508 e. The van der Waals surface area contributed by atoms with Crippen LogP contribution >= 0.6 is 0 Å². The molecule has 0 saturated carbocycles. The van der Waals surface area contributed by atoms with Crippen molar-refractivity contribution in [2.75, 3.05) is 25.1 Å². The average molecular weight is 442 g/mol. The van der Waals surface area contributed by atoms with Gasteiger partial charge in [0, 0.05) is 24.7 Å². The van der Waals surface area contributed by atoms with E-state index in [0.29, 0.717) is 11.7 Å². The Labute approximate surface area is 195 Å². The highest BCUT2D eigenvalue weighted by atomic mass is 16.5. The van der Waals surface area contributed by atoms with E-state index in [4.69, 9.17) is 4.74 Å². The Morgan fingerprint density at radius 1 is 0.909 bits per heavy atom. The number of phenols is 1. The van der Waals surface area contributed by atoms with Crippen molar-refractivity contribution in [1.82, 2.24) is 0 Å². The smallest absolute Gasteiger partial charge is 0.308 e. The minimum absolute atomic E-state index is 0.0207. The molecule has 4 heteroatoms. The maximum absolute atomic E-state index is 11.8. The van der Waals surface area contributed by atoms with Crippen molar-refractivity contribution in [2.45, 2.75) is 37.5 Å². The van der Waals surface area contributed by atoms with Crippen LogP contribution in [0.2, 0.25) is 0 Å². The number of rotatable bonds is 4. The van der Waals surface area contributed by atoms with Crippen molar-refractivity contribution in [1.29, 1.82) is 0 Å².